The first-order valence-corrected chi connectivity index (χ1v) is 4.68. The van der Waals surface area contributed by atoms with E-state index in [-0.39, 0.29) is 0 Å². The molecule has 9 heteroatoms. The molecule has 105 valence electrons. The monoisotopic (exact) mass is 286 g/mol. The van der Waals surface area contributed by atoms with E-state index in [1.54, 1.807) is 0 Å². The Labute approximate surface area is 102 Å². The highest BCUT2D eigenvalue weighted by atomic mass is 19.4. The molecule has 3 nitrogen and oxygen atoms in total. The van der Waals surface area contributed by atoms with Gasteiger partial charge in [0.1, 0.15) is 5.75 Å². The van der Waals surface area contributed by atoms with Crippen molar-refractivity contribution in [3.05, 3.63) is 29.8 Å². The molecule has 19 heavy (non-hydrogen) atoms. The Morgan fingerprint density at radius 3 is 2.16 bits per heavy atom. The minimum Gasteiger partial charge on any atom is -0.429 e. The summed E-state index contributed by atoms with van der Waals surface area (Å²) >= 11 is 0. The van der Waals surface area contributed by atoms with Crippen molar-refractivity contribution in [2.24, 2.45) is 0 Å². The van der Waals surface area contributed by atoms with E-state index in [2.05, 4.69) is 4.74 Å². The average molecular weight is 286 g/mol. The number of halogens is 6. The van der Waals surface area contributed by atoms with Crippen molar-refractivity contribution in [1.29, 1.82) is 0 Å². The van der Waals surface area contributed by atoms with Crippen LogP contribution in [0.15, 0.2) is 24.3 Å². The summed E-state index contributed by atoms with van der Waals surface area (Å²) in [6.07, 6.45) is -15.6. The fourth-order valence-electron chi connectivity index (χ4n) is 1.13. The van der Waals surface area contributed by atoms with Crippen LogP contribution in [0.25, 0.3) is 0 Å². The molecule has 0 fully saturated rings. The SMILES string of the molecule is [NH]C(=O)c1ccccc1OC(F)(F)C(F)C(F)(F)F. The maximum Gasteiger partial charge on any atom is 0.439 e. The first kappa shape index (κ1) is 15.1. The summed E-state index contributed by atoms with van der Waals surface area (Å²) in [5.41, 5.74) is 6.02. The largest absolute Gasteiger partial charge is 0.439 e. The average Bonchev–Trinajstić information content (AvgIpc) is 2.26. The summed E-state index contributed by atoms with van der Waals surface area (Å²) in [4.78, 5) is 10.7. The van der Waals surface area contributed by atoms with E-state index in [1.165, 1.54) is 6.07 Å². The molecule has 1 aromatic rings. The molecule has 1 aromatic carbocycles. The van der Waals surface area contributed by atoms with Gasteiger partial charge in [0.05, 0.1) is 5.56 Å². The number of benzene rings is 1. The van der Waals surface area contributed by atoms with Gasteiger partial charge in [-0.2, -0.15) is 22.0 Å². The maximum atomic E-state index is 13.0. The lowest BCUT2D eigenvalue weighted by Crippen LogP contribution is -2.45. The zero-order valence-electron chi connectivity index (χ0n) is 8.97. The van der Waals surface area contributed by atoms with Gasteiger partial charge in [0.2, 0.25) is 0 Å². The zero-order valence-corrected chi connectivity index (χ0v) is 8.97. The van der Waals surface area contributed by atoms with Gasteiger partial charge in [-0.3, -0.25) is 10.5 Å². The molecule has 0 saturated heterocycles. The van der Waals surface area contributed by atoms with Crippen molar-refractivity contribution >= 4 is 5.91 Å². The fraction of sp³-hybridized carbons (Fsp3) is 0.300. The number of para-hydroxylation sites is 1. The topological polar surface area (TPSA) is 50.1 Å². The van der Waals surface area contributed by atoms with Crippen LogP contribution in [0.4, 0.5) is 26.3 Å². The van der Waals surface area contributed by atoms with Gasteiger partial charge >= 0.3 is 12.3 Å². The van der Waals surface area contributed by atoms with Gasteiger partial charge in [-0.25, -0.2) is 4.39 Å². The van der Waals surface area contributed by atoms with Gasteiger partial charge in [0.25, 0.3) is 12.1 Å². The van der Waals surface area contributed by atoms with Crippen LogP contribution in [0.1, 0.15) is 10.4 Å². The molecule has 0 saturated carbocycles. The van der Waals surface area contributed by atoms with E-state index in [4.69, 9.17) is 5.73 Å². The second-order valence-electron chi connectivity index (χ2n) is 3.39. The minimum absolute atomic E-state index is 0.698. The molecular weight excluding hydrogens is 280 g/mol. The van der Waals surface area contributed by atoms with Crippen LogP contribution in [0.3, 0.4) is 0 Å². The number of nitrogens with one attached hydrogen (secondary N) is 1. The first-order valence-electron chi connectivity index (χ1n) is 4.68. The van der Waals surface area contributed by atoms with Crippen LogP contribution in [-0.4, -0.2) is 24.4 Å². The first-order chi connectivity index (χ1) is 8.55. The van der Waals surface area contributed by atoms with Gasteiger partial charge < -0.3 is 4.74 Å². The second-order valence-corrected chi connectivity index (χ2v) is 3.39. The van der Waals surface area contributed by atoms with Gasteiger partial charge in [-0.05, 0) is 12.1 Å². The molecule has 1 atom stereocenters. The fourth-order valence-corrected chi connectivity index (χ4v) is 1.13. The highest BCUT2D eigenvalue weighted by Crippen LogP contribution is 2.37. The Balaban J connectivity index is 3.05. The Bertz CT molecular complexity index is 473. The number of hydrogen-bond donors (Lipinski definition) is 0. The Hall–Kier alpha value is -1.93. The quantitative estimate of drug-likeness (QED) is 0.799. The third-order valence-corrected chi connectivity index (χ3v) is 1.96. The number of ether oxygens (including phenoxy) is 1. The predicted octanol–water partition coefficient (Wildman–Crippen LogP) is 2.98. The molecule has 0 aliphatic heterocycles. The maximum absolute atomic E-state index is 13.0. The van der Waals surface area contributed by atoms with Crippen LogP contribution in [-0.2, 0) is 0 Å². The smallest absolute Gasteiger partial charge is 0.429 e. The molecule has 0 aromatic heterocycles. The number of carbonyl (C=O) groups is 1. The zero-order chi connectivity index (χ0) is 14.8. The molecule has 0 heterocycles. The molecule has 1 N–H and O–H groups in total. The molecule has 1 rings (SSSR count). The number of hydrogen-bond acceptors (Lipinski definition) is 2. The lowest BCUT2D eigenvalue weighted by atomic mass is 10.2. The molecule has 1 radical (unpaired) electrons. The van der Waals surface area contributed by atoms with Crippen molar-refractivity contribution in [2.45, 2.75) is 18.5 Å². The molecule has 1 unspecified atom stereocenters. The van der Waals surface area contributed by atoms with Crippen molar-refractivity contribution < 1.29 is 35.9 Å². The Kier molecular flexibility index (Phi) is 3.97. The van der Waals surface area contributed by atoms with Crippen molar-refractivity contribution in [3.8, 4) is 5.75 Å². The van der Waals surface area contributed by atoms with E-state index >= 15 is 0 Å². The van der Waals surface area contributed by atoms with E-state index < -0.39 is 35.7 Å². The molecule has 0 aliphatic carbocycles. The molecular formula is C10H6F6NO2. The Morgan fingerprint density at radius 1 is 1.16 bits per heavy atom. The minimum atomic E-state index is -5.82. The van der Waals surface area contributed by atoms with Crippen LogP contribution in [0.5, 0.6) is 5.75 Å². The van der Waals surface area contributed by atoms with Crippen LogP contribution < -0.4 is 10.5 Å². The second kappa shape index (κ2) is 4.98. The molecule has 0 spiro atoms. The lowest BCUT2D eigenvalue weighted by Gasteiger charge is -2.23. The summed E-state index contributed by atoms with van der Waals surface area (Å²) in [6, 6.07) is 3.89. The molecule has 1 amide bonds. The number of alkyl halides is 6. The van der Waals surface area contributed by atoms with Crippen LogP contribution >= 0.6 is 0 Å². The standard InChI is InChI=1S/C10H6F6NO2/c11-8(9(12,13)14)10(15,16)19-6-4-2-1-3-5(6)7(17)18/h1-4,8,17H. The highest BCUT2D eigenvalue weighted by molar-refractivity contribution is 5.95. The highest BCUT2D eigenvalue weighted by Gasteiger charge is 2.59. The van der Waals surface area contributed by atoms with E-state index in [0.29, 0.717) is 0 Å². The number of amides is 1. The van der Waals surface area contributed by atoms with Crippen molar-refractivity contribution in [1.82, 2.24) is 5.73 Å². The number of carbonyl (C=O) groups excluding carboxylic acids is 1. The summed E-state index contributed by atoms with van der Waals surface area (Å²) in [5.74, 6) is -2.45. The summed E-state index contributed by atoms with van der Waals surface area (Å²) in [7, 11) is 0. The summed E-state index contributed by atoms with van der Waals surface area (Å²) < 4.78 is 77.7. The third kappa shape index (κ3) is 3.52. The van der Waals surface area contributed by atoms with Gasteiger partial charge in [-0.15, -0.1) is 0 Å². The van der Waals surface area contributed by atoms with E-state index in [1.807, 2.05) is 0 Å². The predicted molar refractivity (Wildman–Crippen MR) is 50.4 cm³/mol. The van der Waals surface area contributed by atoms with Gasteiger partial charge in [0.15, 0.2) is 0 Å². The van der Waals surface area contributed by atoms with Gasteiger partial charge in [0, 0.05) is 0 Å². The molecule has 0 bridgehead atoms. The Morgan fingerprint density at radius 2 is 1.68 bits per heavy atom. The van der Waals surface area contributed by atoms with Gasteiger partial charge in [-0.1, -0.05) is 12.1 Å². The third-order valence-electron chi connectivity index (χ3n) is 1.96. The van der Waals surface area contributed by atoms with E-state index in [0.717, 1.165) is 18.2 Å². The summed E-state index contributed by atoms with van der Waals surface area (Å²) in [6.45, 7) is 0. The van der Waals surface area contributed by atoms with Crippen molar-refractivity contribution in [3.63, 3.8) is 0 Å². The van der Waals surface area contributed by atoms with Crippen LogP contribution in [0, 0.1) is 0 Å². The van der Waals surface area contributed by atoms with E-state index in [9.17, 15) is 31.1 Å². The van der Waals surface area contributed by atoms with Crippen molar-refractivity contribution in [2.75, 3.05) is 0 Å². The normalized spacial score (nSPS) is 14.0. The molecule has 0 aliphatic rings. The summed E-state index contributed by atoms with van der Waals surface area (Å²) in [5, 5.41) is 0. The van der Waals surface area contributed by atoms with Crippen LogP contribution in [0.2, 0.25) is 0 Å². The number of rotatable bonds is 4. The lowest BCUT2D eigenvalue weighted by molar-refractivity contribution is -0.305.